The average molecular weight is 463 g/mol. The predicted molar refractivity (Wildman–Crippen MR) is 103 cm³/mol. The van der Waals surface area contributed by atoms with Crippen LogP contribution in [0.1, 0.15) is 62.2 Å². The van der Waals surface area contributed by atoms with E-state index >= 15 is 0 Å². The van der Waals surface area contributed by atoms with E-state index < -0.39 is 12.0 Å². The van der Waals surface area contributed by atoms with Gasteiger partial charge in [-0.2, -0.15) is 0 Å². The highest BCUT2D eigenvalue weighted by Crippen LogP contribution is 2.20. The van der Waals surface area contributed by atoms with Gasteiger partial charge in [0.2, 0.25) is 0 Å². The standard InChI is InChI=1S/C18H25Br2NO3/c1-3-4-5-6-7-8-9-16(18(23)24-2)21-17(22)13-10-14(19)12-15(20)11-13/h10-12,16H,3-9H2,1-2H3,(H,21,22)/t16-/m0/s1. The van der Waals surface area contributed by atoms with Crippen LogP contribution in [-0.2, 0) is 9.53 Å². The van der Waals surface area contributed by atoms with Crippen molar-refractivity contribution in [2.24, 2.45) is 0 Å². The molecule has 134 valence electrons. The number of hydrogen-bond donors (Lipinski definition) is 1. The first-order valence-corrected chi connectivity index (χ1v) is 9.91. The lowest BCUT2D eigenvalue weighted by Gasteiger charge is -2.16. The van der Waals surface area contributed by atoms with Crippen LogP contribution in [0.4, 0.5) is 0 Å². The van der Waals surface area contributed by atoms with Gasteiger partial charge in [-0.3, -0.25) is 4.79 Å². The van der Waals surface area contributed by atoms with E-state index in [2.05, 4.69) is 44.1 Å². The highest BCUT2D eigenvalue weighted by Gasteiger charge is 2.22. The molecule has 0 aromatic heterocycles. The Morgan fingerprint density at radius 3 is 2.21 bits per heavy atom. The molecular weight excluding hydrogens is 438 g/mol. The third-order valence-electron chi connectivity index (χ3n) is 3.76. The minimum Gasteiger partial charge on any atom is -0.467 e. The Bertz CT molecular complexity index is 529. The highest BCUT2D eigenvalue weighted by molar-refractivity contribution is 9.11. The van der Waals surface area contributed by atoms with Crippen LogP contribution in [-0.4, -0.2) is 25.0 Å². The van der Waals surface area contributed by atoms with Gasteiger partial charge in [0.25, 0.3) is 5.91 Å². The molecule has 6 heteroatoms. The molecule has 0 bridgehead atoms. The maximum absolute atomic E-state index is 12.4. The van der Waals surface area contributed by atoms with Gasteiger partial charge in [0.05, 0.1) is 7.11 Å². The zero-order chi connectivity index (χ0) is 17.9. The normalized spacial score (nSPS) is 11.8. The summed E-state index contributed by atoms with van der Waals surface area (Å²) in [6.07, 6.45) is 7.39. The molecule has 4 nitrogen and oxygen atoms in total. The summed E-state index contributed by atoms with van der Waals surface area (Å²) < 4.78 is 6.42. The smallest absolute Gasteiger partial charge is 0.328 e. The largest absolute Gasteiger partial charge is 0.467 e. The fourth-order valence-electron chi connectivity index (χ4n) is 2.45. The number of esters is 1. The van der Waals surface area contributed by atoms with Gasteiger partial charge in [-0.05, 0) is 24.6 Å². The second-order valence-electron chi connectivity index (χ2n) is 5.76. The molecular formula is C18H25Br2NO3. The van der Waals surface area contributed by atoms with Crippen molar-refractivity contribution in [3.05, 3.63) is 32.7 Å². The number of unbranched alkanes of at least 4 members (excludes halogenated alkanes) is 5. The topological polar surface area (TPSA) is 55.4 Å². The van der Waals surface area contributed by atoms with Gasteiger partial charge in [-0.25, -0.2) is 4.79 Å². The number of amides is 1. The quantitative estimate of drug-likeness (QED) is 0.382. The lowest BCUT2D eigenvalue weighted by molar-refractivity contribution is -0.143. The van der Waals surface area contributed by atoms with E-state index in [1.807, 2.05) is 6.07 Å². The summed E-state index contributed by atoms with van der Waals surface area (Å²) in [4.78, 5) is 24.3. The maximum Gasteiger partial charge on any atom is 0.328 e. The van der Waals surface area contributed by atoms with Crippen molar-refractivity contribution in [2.75, 3.05) is 7.11 Å². The average Bonchev–Trinajstić information content (AvgIpc) is 2.55. The van der Waals surface area contributed by atoms with Gasteiger partial charge in [0, 0.05) is 14.5 Å². The van der Waals surface area contributed by atoms with Crippen LogP contribution in [0.25, 0.3) is 0 Å². The van der Waals surface area contributed by atoms with E-state index in [4.69, 9.17) is 4.74 Å². The highest BCUT2D eigenvalue weighted by atomic mass is 79.9. The third-order valence-corrected chi connectivity index (χ3v) is 4.68. The number of benzene rings is 1. The molecule has 0 unspecified atom stereocenters. The number of methoxy groups -OCH3 is 1. The Kier molecular flexibility index (Phi) is 10.3. The van der Waals surface area contributed by atoms with Crippen LogP contribution < -0.4 is 5.32 Å². The van der Waals surface area contributed by atoms with Gasteiger partial charge in [0.1, 0.15) is 6.04 Å². The van der Waals surface area contributed by atoms with Gasteiger partial charge >= 0.3 is 5.97 Å². The Hall–Kier alpha value is -0.880. The van der Waals surface area contributed by atoms with Gasteiger partial charge in [0.15, 0.2) is 0 Å². The first kappa shape index (κ1) is 21.2. The summed E-state index contributed by atoms with van der Waals surface area (Å²) >= 11 is 6.72. The molecule has 24 heavy (non-hydrogen) atoms. The van der Waals surface area contributed by atoms with E-state index in [9.17, 15) is 9.59 Å². The van der Waals surface area contributed by atoms with Gasteiger partial charge in [-0.1, -0.05) is 77.3 Å². The number of carbonyl (C=O) groups excluding carboxylic acids is 2. The van der Waals surface area contributed by atoms with E-state index in [-0.39, 0.29) is 5.91 Å². The number of carbonyl (C=O) groups is 2. The lowest BCUT2D eigenvalue weighted by Crippen LogP contribution is -2.41. The molecule has 1 rings (SSSR count). The summed E-state index contributed by atoms with van der Waals surface area (Å²) in [6, 6.07) is 4.69. The first-order chi connectivity index (χ1) is 11.5. The molecule has 1 N–H and O–H groups in total. The van der Waals surface area contributed by atoms with E-state index in [1.54, 1.807) is 12.1 Å². The minimum atomic E-state index is -0.605. The van der Waals surface area contributed by atoms with Crippen LogP contribution in [0.2, 0.25) is 0 Å². The van der Waals surface area contributed by atoms with E-state index in [0.29, 0.717) is 12.0 Å². The fourth-order valence-corrected chi connectivity index (χ4v) is 3.74. The van der Waals surface area contributed by atoms with E-state index in [1.165, 1.54) is 26.4 Å². The summed E-state index contributed by atoms with van der Waals surface area (Å²) in [6.45, 7) is 2.18. The second kappa shape index (κ2) is 11.6. The number of rotatable bonds is 10. The predicted octanol–water partition coefficient (Wildman–Crippen LogP) is 5.23. The van der Waals surface area contributed by atoms with Crippen molar-refractivity contribution < 1.29 is 14.3 Å². The molecule has 0 spiro atoms. The molecule has 0 aliphatic heterocycles. The summed E-state index contributed by atoms with van der Waals surface area (Å²) in [7, 11) is 1.35. The fraction of sp³-hybridized carbons (Fsp3) is 0.556. The first-order valence-electron chi connectivity index (χ1n) is 8.32. The molecule has 0 aliphatic rings. The molecule has 1 aromatic carbocycles. The second-order valence-corrected chi connectivity index (χ2v) is 7.60. The van der Waals surface area contributed by atoms with Crippen LogP contribution in [0.5, 0.6) is 0 Å². The van der Waals surface area contributed by atoms with Crippen molar-refractivity contribution in [3.63, 3.8) is 0 Å². The van der Waals surface area contributed by atoms with Crippen LogP contribution in [0.15, 0.2) is 27.1 Å². The Labute approximate surface area is 161 Å². The van der Waals surface area contributed by atoms with Crippen LogP contribution in [0, 0.1) is 0 Å². The summed E-state index contributed by atoms with van der Waals surface area (Å²) in [5, 5.41) is 2.79. The third kappa shape index (κ3) is 7.79. The number of halogens is 2. The molecule has 0 aliphatic carbocycles. The Balaban J connectivity index is 2.58. The molecule has 1 atom stereocenters. The van der Waals surface area contributed by atoms with Crippen LogP contribution in [0.3, 0.4) is 0 Å². The number of hydrogen-bond acceptors (Lipinski definition) is 3. The number of nitrogens with one attached hydrogen (secondary N) is 1. The summed E-state index contributed by atoms with van der Waals surface area (Å²) in [5.41, 5.74) is 0.494. The van der Waals surface area contributed by atoms with Gasteiger partial charge < -0.3 is 10.1 Å². The Morgan fingerprint density at radius 1 is 1.04 bits per heavy atom. The van der Waals surface area contributed by atoms with Crippen molar-refractivity contribution in [1.29, 1.82) is 0 Å². The zero-order valence-corrected chi connectivity index (χ0v) is 17.4. The van der Waals surface area contributed by atoms with Crippen molar-refractivity contribution in [2.45, 2.75) is 57.9 Å². The summed E-state index contributed by atoms with van der Waals surface area (Å²) in [5.74, 6) is -0.677. The lowest BCUT2D eigenvalue weighted by atomic mass is 10.1. The molecule has 1 amide bonds. The molecule has 0 saturated heterocycles. The minimum absolute atomic E-state index is 0.279. The SMILES string of the molecule is CCCCCCCC[C@H](NC(=O)c1cc(Br)cc(Br)c1)C(=O)OC. The van der Waals surface area contributed by atoms with Crippen LogP contribution >= 0.6 is 31.9 Å². The molecule has 0 fully saturated rings. The molecule has 0 heterocycles. The zero-order valence-electron chi connectivity index (χ0n) is 14.2. The molecule has 0 saturated carbocycles. The maximum atomic E-state index is 12.4. The number of ether oxygens (including phenoxy) is 1. The molecule has 0 radical (unpaired) electrons. The van der Waals surface area contributed by atoms with Crippen molar-refractivity contribution >= 4 is 43.7 Å². The van der Waals surface area contributed by atoms with Crippen molar-refractivity contribution in [1.82, 2.24) is 5.32 Å². The molecule has 1 aromatic rings. The van der Waals surface area contributed by atoms with Crippen molar-refractivity contribution in [3.8, 4) is 0 Å². The Morgan fingerprint density at radius 2 is 1.62 bits per heavy atom. The van der Waals surface area contributed by atoms with E-state index in [0.717, 1.165) is 28.2 Å². The van der Waals surface area contributed by atoms with Gasteiger partial charge in [-0.15, -0.1) is 0 Å². The monoisotopic (exact) mass is 461 g/mol.